The van der Waals surface area contributed by atoms with Crippen LogP contribution in [0.1, 0.15) is 47.6 Å². The number of hydrogen-bond acceptors (Lipinski definition) is 3. The summed E-state index contributed by atoms with van der Waals surface area (Å²) in [6.07, 6.45) is 4.67. The van der Waals surface area contributed by atoms with Gasteiger partial charge >= 0.3 is 0 Å². The van der Waals surface area contributed by atoms with Crippen molar-refractivity contribution in [2.45, 2.75) is 57.7 Å². The Labute approximate surface area is 157 Å². The quantitative estimate of drug-likeness (QED) is 0.903. The minimum absolute atomic E-state index is 0.0763. The van der Waals surface area contributed by atoms with Gasteiger partial charge in [-0.2, -0.15) is 0 Å². The van der Waals surface area contributed by atoms with Crippen molar-refractivity contribution in [3.63, 3.8) is 0 Å². The maximum atomic E-state index is 6.64. The van der Waals surface area contributed by atoms with Crippen molar-refractivity contribution < 1.29 is 4.74 Å². The largest absolute Gasteiger partial charge is 0.484 e. The van der Waals surface area contributed by atoms with E-state index in [1.807, 2.05) is 0 Å². The summed E-state index contributed by atoms with van der Waals surface area (Å²) in [5.74, 6) is 0.973. The van der Waals surface area contributed by atoms with Gasteiger partial charge in [-0.05, 0) is 80.5 Å². The van der Waals surface area contributed by atoms with Crippen molar-refractivity contribution in [1.29, 1.82) is 0 Å². The summed E-state index contributed by atoms with van der Waals surface area (Å²) in [6, 6.07) is 15.9. The van der Waals surface area contributed by atoms with Crippen molar-refractivity contribution in [3.05, 3.63) is 64.7 Å². The highest BCUT2D eigenvalue weighted by Crippen LogP contribution is 2.37. The minimum atomic E-state index is 0.0763. The van der Waals surface area contributed by atoms with Gasteiger partial charge in [-0.1, -0.05) is 30.3 Å². The SMILES string of the molecule is Cc1ccc(O[C@H]2c3ccccc3CCC2N2CCCC(N)C2)cc1C. The molecule has 0 amide bonds. The van der Waals surface area contributed by atoms with Crippen LogP contribution in [0, 0.1) is 13.8 Å². The van der Waals surface area contributed by atoms with Gasteiger partial charge in [0, 0.05) is 12.6 Å². The van der Waals surface area contributed by atoms with Gasteiger partial charge in [-0.15, -0.1) is 0 Å². The normalized spacial score (nSPS) is 26.3. The van der Waals surface area contributed by atoms with E-state index in [0.29, 0.717) is 12.1 Å². The average Bonchev–Trinajstić information content (AvgIpc) is 2.65. The number of benzene rings is 2. The van der Waals surface area contributed by atoms with Gasteiger partial charge in [0.1, 0.15) is 11.9 Å². The molecule has 1 saturated heterocycles. The lowest BCUT2D eigenvalue weighted by atomic mass is 9.84. The van der Waals surface area contributed by atoms with Crippen LogP contribution < -0.4 is 10.5 Å². The number of ether oxygens (including phenoxy) is 1. The molecule has 3 nitrogen and oxygen atoms in total. The fraction of sp³-hybridized carbons (Fsp3) is 0.478. The molecule has 26 heavy (non-hydrogen) atoms. The highest BCUT2D eigenvalue weighted by atomic mass is 16.5. The molecule has 1 aliphatic carbocycles. The molecule has 2 aliphatic rings. The van der Waals surface area contributed by atoms with Crippen LogP contribution in [0.5, 0.6) is 5.75 Å². The second kappa shape index (κ2) is 7.42. The molecule has 2 aromatic carbocycles. The Kier molecular flexibility index (Phi) is 5.01. The van der Waals surface area contributed by atoms with E-state index in [9.17, 15) is 0 Å². The Morgan fingerprint density at radius 1 is 1.04 bits per heavy atom. The Morgan fingerprint density at radius 3 is 2.69 bits per heavy atom. The van der Waals surface area contributed by atoms with E-state index in [0.717, 1.165) is 38.1 Å². The zero-order chi connectivity index (χ0) is 18.1. The van der Waals surface area contributed by atoms with Crippen LogP contribution in [0.2, 0.25) is 0 Å². The molecular weight excluding hydrogens is 320 g/mol. The first kappa shape index (κ1) is 17.6. The molecule has 3 heteroatoms. The third-order valence-corrected chi connectivity index (χ3v) is 6.12. The molecule has 0 bridgehead atoms. The van der Waals surface area contributed by atoms with E-state index in [4.69, 9.17) is 10.5 Å². The lowest BCUT2D eigenvalue weighted by Crippen LogP contribution is -2.51. The van der Waals surface area contributed by atoms with Gasteiger partial charge in [0.05, 0.1) is 6.04 Å². The number of hydrogen-bond donors (Lipinski definition) is 1. The first-order valence-corrected chi connectivity index (χ1v) is 9.93. The molecule has 2 unspecified atom stereocenters. The van der Waals surface area contributed by atoms with E-state index in [2.05, 4.69) is 61.2 Å². The standard InChI is InChI=1S/C23H30N2O/c1-16-9-11-20(14-17(16)2)26-23-21-8-4-3-6-18(21)10-12-22(23)25-13-5-7-19(24)15-25/h3-4,6,8-9,11,14,19,22-23H,5,7,10,12-13,15,24H2,1-2H3/t19?,22?,23-/m0/s1. The van der Waals surface area contributed by atoms with Crippen LogP contribution in [0.15, 0.2) is 42.5 Å². The molecule has 0 saturated carbocycles. The molecule has 4 rings (SSSR count). The second-order valence-corrected chi connectivity index (χ2v) is 7.99. The van der Waals surface area contributed by atoms with Gasteiger partial charge in [-0.3, -0.25) is 4.90 Å². The lowest BCUT2D eigenvalue weighted by molar-refractivity contribution is 0.0367. The first-order chi connectivity index (χ1) is 12.6. The fourth-order valence-electron chi connectivity index (χ4n) is 4.49. The maximum absolute atomic E-state index is 6.64. The van der Waals surface area contributed by atoms with Gasteiger partial charge in [0.2, 0.25) is 0 Å². The van der Waals surface area contributed by atoms with Crippen LogP contribution in [-0.4, -0.2) is 30.1 Å². The number of likely N-dealkylation sites (tertiary alicyclic amines) is 1. The molecule has 0 aromatic heterocycles. The molecule has 3 atom stereocenters. The molecule has 1 fully saturated rings. The number of aryl methyl sites for hydroxylation is 3. The number of nitrogens with zero attached hydrogens (tertiary/aromatic N) is 1. The van der Waals surface area contributed by atoms with E-state index in [-0.39, 0.29) is 6.10 Å². The molecule has 0 spiro atoms. The number of rotatable bonds is 3. The van der Waals surface area contributed by atoms with Gasteiger partial charge in [0.25, 0.3) is 0 Å². The van der Waals surface area contributed by atoms with Crippen LogP contribution in [0.25, 0.3) is 0 Å². The third kappa shape index (κ3) is 3.51. The van der Waals surface area contributed by atoms with E-state index >= 15 is 0 Å². The van der Waals surface area contributed by atoms with Crippen LogP contribution >= 0.6 is 0 Å². The van der Waals surface area contributed by atoms with E-state index < -0.39 is 0 Å². The summed E-state index contributed by atoms with van der Waals surface area (Å²) < 4.78 is 6.64. The van der Waals surface area contributed by atoms with Crippen molar-refractivity contribution in [2.75, 3.05) is 13.1 Å². The first-order valence-electron chi connectivity index (χ1n) is 9.93. The predicted octanol–water partition coefficient (Wildman–Crippen LogP) is 4.16. The second-order valence-electron chi connectivity index (χ2n) is 7.99. The summed E-state index contributed by atoms with van der Waals surface area (Å²) in [4.78, 5) is 2.58. The summed E-state index contributed by atoms with van der Waals surface area (Å²) in [5, 5.41) is 0. The topological polar surface area (TPSA) is 38.5 Å². The Bertz CT molecular complexity index is 773. The predicted molar refractivity (Wildman–Crippen MR) is 107 cm³/mol. The number of nitrogens with two attached hydrogens (primary N) is 1. The number of piperidine rings is 1. The molecule has 1 heterocycles. The van der Waals surface area contributed by atoms with Crippen LogP contribution in [0.3, 0.4) is 0 Å². The smallest absolute Gasteiger partial charge is 0.139 e. The van der Waals surface area contributed by atoms with Crippen LogP contribution in [0.4, 0.5) is 0 Å². The molecular formula is C23H30N2O. The lowest BCUT2D eigenvalue weighted by Gasteiger charge is -2.43. The van der Waals surface area contributed by atoms with E-state index in [1.165, 1.54) is 28.7 Å². The highest BCUT2D eigenvalue weighted by Gasteiger charge is 2.36. The monoisotopic (exact) mass is 350 g/mol. The average molecular weight is 351 g/mol. The van der Waals surface area contributed by atoms with Crippen molar-refractivity contribution in [2.24, 2.45) is 5.73 Å². The van der Waals surface area contributed by atoms with Gasteiger partial charge in [-0.25, -0.2) is 0 Å². The third-order valence-electron chi connectivity index (χ3n) is 6.12. The highest BCUT2D eigenvalue weighted by molar-refractivity contribution is 5.37. The molecule has 1 aliphatic heterocycles. The van der Waals surface area contributed by atoms with Crippen molar-refractivity contribution >= 4 is 0 Å². The summed E-state index contributed by atoms with van der Waals surface area (Å²) in [5.41, 5.74) is 11.6. The maximum Gasteiger partial charge on any atom is 0.139 e. The van der Waals surface area contributed by atoms with Gasteiger partial charge in [0.15, 0.2) is 0 Å². The molecule has 0 radical (unpaired) electrons. The summed E-state index contributed by atoms with van der Waals surface area (Å²) in [6.45, 7) is 6.41. The molecule has 2 N–H and O–H groups in total. The number of fused-ring (bicyclic) bond motifs is 1. The zero-order valence-corrected chi connectivity index (χ0v) is 15.9. The van der Waals surface area contributed by atoms with Crippen molar-refractivity contribution in [3.8, 4) is 5.75 Å². The Hall–Kier alpha value is -1.84. The molecule has 138 valence electrons. The van der Waals surface area contributed by atoms with Crippen LogP contribution in [-0.2, 0) is 6.42 Å². The Morgan fingerprint density at radius 2 is 1.88 bits per heavy atom. The Balaban J connectivity index is 1.66. The minimum Gasteiger partial charge on any atom is -0.484 e. The molecule has 2 aromatic rings. The van der Waals surface area contributed by atoms with E-state index in [1.54, 1.807) is 0 Å². The summed E-state index contributed by atoms with van der Waals surface area (Å²) >= 11 is 0. The zero-order valence-electron chi connectivity index (χ0n) is 15.9. The summed E-state index contributed by atoms with van der Waals surface area (Å²) in [7, 11) is 0. The fourth-order valence-corrected chi connectivity index (χ4v) is 4.49. The van der Waals surface area contributed by atoms with Gasteiger partial charge < -0.3 is 10.5 Å². The van der Waals surface area contributed by atoms with Crippen molar-refractivity contribution in [1.82, 2.24) is 4.90 Å².